The number of halogens is 1. The minimum atomic E-state index is -0.722. The number of nitrogens with one attached hydrogen (secondary N) is 1. The van der Waals surface area contributed by atoms with Crippen LogP contribution in [-0.2, 0) is 13.0 Å². The van der Waals surface area contributed by atoms with Gasteiger partial charge in [-0.05, 0) is 31.9 Å². The van der Waals surface area contributed by atoms with Gasteiger partial charge in [0.25, 0.3) is 0 Å². The van der Waals surface area contributed by atoms with Gasteiger partial charge in [0, 0.05) is 43.2 Å². The van der Waals surface area contributed by atoms with Crippen LogP contribution in [0.4, 0.5) is 4.39 Å². The van der Waals surface area contributed by atoms with Crippen LogP contribution in [0.15, 0.2) is 34.4 Å². The molecule has 0 bridgehead atoms. The van der Waals surface area contributed by atoms with Gasteiger partial charge in [-0.15, -0.1) is 11.3 Å². The first kappa shape index (κ1) is 16.6. The van der Waals surface area contributed by atoms with Gasteiger partial charge in [0.15, 0.2) is 0 Å². The first-order valence-electron chi connectivity index (χ1n) is 8.23. The quantitative estimate of drug-likeness (QED) is 0.803. The molecule has 6 heteroatoms. The van der Waals surface area contributed by atoms with Gasteiger partial charge in [0.2, 0.25) is 0 Å². The molecule has 4 nitrogen and oxygen atoms in total. The predicted molar refractivity (Wildman–Crippen MR) is 90.3 cm³/mol. The van der Waals surface area contributed by atoms with Crippen LogP contribution in [0.25, 0.3) is 0 Å². The molecule has 1 aliphatic heterocycles. The zero-order valence-corrected chi connectivity index (χ0v) is 14.3. The van der Waals surface area contributed by atoms with Crippen molar-refractivity contribution in [3.8, 4) is 0 Å². The molecule has 2 aromatic rings. The summed E-state index contributed by atoms with van der Waals surface area (Å²) < 4.78 is 19.2. The SMILES string of the molecule is C[C@@H](CCc1ccco1)NC[C@@H]1C[C@H](F)CN1Cc1nccs1. The molecule has 1 N–H and O–H groups in total. The fourth-order valence-electron chi connectivity index (χ4n) is 3.09. The summed E-state index contributed by atoms with van der Waals surface area (Å²) in [5.74, 6) is 1.02. The summed E-state index contributed by atoms with van der Waals surface area (Å²) in [6, 6.07) is 4.57. The molecule has 0 aliphatic carbocycles. The van der Waals surface area contributed by atoms with Crippen LogP contribution in [0.1, 0.15) is 30.5 Å². The molecule has 0 radical (unpaired) electrons. The molecule has 0 spiro atoms. The standard InChI is InChI=1S/C17H24FN3OS/c1-13(4-5-16-3-2-7-22-16)20-10-15-9-14(18)11-21(15)12-17-19-6-8-23-17/h2-3,6-8,13-15,20H,4-5,9-12H2,1H3/t13-,14-,15-/m0/s1. The normalized spacial score (nSPS) is 23.4. The van der Waals surface area contributed by atoms with E-state index in [1.807, 2.05) is 23.7 Å². The monoisotopic (exact) mass is 337 g/mol. The number of hydrogen-bond donors (Lipinski definition) is 1. The molecule has 126 valence electrons. The average molecular weight is 337 g/mol. The lowest BCUT2D eigenvalue weighted by Crippen LogP contribution is -2.40. The average Bonchev–Trinajstić information content (AvgIpc) is 3.26. The molecule has 3 heterocycles. The van der Waals surface area contributed by atoms with Crippen molar-refractivity contribution >= 4 is 11.3 Å². The molecule has 0 amide bonds. The predicted octanol–water partition coefficient (Wildman–Crippen LogP) is 3.26. The Hall–Kier alpha value is -1.24. The minimum absolute atomic E-state index is 0.250. The lowest BCUT2D eigenvalue weighted by Gasteiger charge is -2.25. The van der Waals surface area contributed by atoms with Gasteiger partial charge in [-0.3, -0.25) is 4.90 Å². The highest BCUT2D eigenvalue weighted by molar-refractivity contribution is 7.09. The molecule has 1 fully saturated rings. The maximum Gasteiger partial charge on any atom is 0.114 e. The summed E-state index contributed by atoms with van der Waals surface area (Å²) in [6.45, 7) is 4.28. The van der Waals surface area contributed by atoms with Crippen molar-refractivity contribution in [1.29, 1.82) is 0 Å². The van der Waals surface area contributed by atoms with Gasteiger partial charge >= 0.3 is 0 Å². The van der Waals surface area contributed by atoms with E-state index in [0.29, 0.717) is 19.0 Å². The van der Waals surface area contributed by atoms with Crippen LogP contribution in [0, 0.1) is 0 Å². The van der Waals surface area contributed by atoms with Gasteiger partial charge in [0.1, 0.15) is 16.9 Å². The van der Waals surface area contributed by atoms with Gasteiger partial charge in [-0.1, -0.05) is 0 Å². The first-order chi connectivity index (χ1) is 11.2. The van der Waals surface area contributed by atoms with Gasteiger partial charge in [-0.2, -0.15) is 0 Å². The highest BCUT2D eigenvalue weighted by atomic mass is 32.1. The summed E-state index contributed by atoms with van der Waals surface area (Å²) in [5.41, 5.74) is 0. The second kappa shape index (κ2) is 8.04. The number of aromatic nitrogens is 1. The summed E-state index contributed by atoms with van der Waals surface area (Å²) in [5, 5.41) is 6.59. The van der Waals surface area contributed by atoms with Gasteiger partial charge < -0.3 is 9.73 Å². The van der Waals surface area contributed by atoms with E-state index in [2.05, 4.69) is 22.1 Å². The number of aryl methyl sites for hydroxylation is 1. The zero-order chi connectivity index (χ0) is 16.1. The van der Waals surface area contributed by atoms with Crippen molar-refractivity contribution in [2.24, 2.45) is 0 Å². The summed E-state index contributed by atoms with van der Waals surface area (Å²) in [6.07, 6.45) is 5.37. The minimum Gasteiger partial charge on any atom is -0.469 e. The third-order valence-corrected chi connectivity index (χ3v) is 5.17. The van der Waals surface area contributed by atoms with Crippen molar-refractivity contribution in [2.45, 2.75) is 51.0 Å². The van der Waals surface area contributed by atoms with Gasteiger partial charge in [0.05, 0.1) is 12.8 Å². The summed E-state index contributed by atoms with van der Waals surface area (Å²) in [7, 11) is 0. The van der Waals surface area contributed by atoms with E-state index < -0.39 is 6.17 Å². The maximum atomic E-state index is 13.8. The van der Waals surface area contributed by atoms with Crippen molar-refractivity contribution < 1.29 is 8.81 Å². The third kappa shape index (κ3) is 4.86. The highest BCUT2D eigenvalue weighted by Crippen LogP contribution is 2.23. The third-order valence-electron chi connectivity index (χ3n) is 4.40. The molecule has 23 heavy (non-hydrogen) atoms. The second-order valence-corrected chi connectivity index (χ2v) is 7.25. The molecular weight excluding hydrogens is 313 g/mol. The molecule has 1 saturated heterocycles. The highest BCUT2D eigenvalue weighted by Gasteiger charge is 2.32. The van der Waals surface area contributed by atoms with E-state index in [9.17, 15) is 4.39 Å². The van der Waals surface area contributed by atoms with E-state index in [0.717, 1.165) is 36.7 Å². The number of likely N-dealkylation sites (tertiary alicyclic amines) is 1. The van der Waals surface area contributed by atoms with E-state index in [4.69, 9.17) is 4.42 Å². The number of nitrogens with zero attached hydrogens (tertiary/aromatic N) is 2. The topological polar surface area (TPSA) is 41.3 Å². The van der Waals surface area contributed by atoms with Crippen molar-refractivity contribution in [2.75, 3.05) is 13.1 Å². The molecule has 3 atom stereocenters. The Morgan fingerprint density at radius 1 is 1.57 bits per heavy atom. The van der Waals surface area contributed by atoms with E-state index in [1.165, 1.54) is 0 Å². The molecule has 0 saturated carbocycles. The largest absolute Gasteiger partial charge is 0.469 e. The molecule has 0 aromatic carbocycles. The molecular formula is C17H24FN3OS. The smallest absolute Gasteiger partial charge is 0.114 e. The van der Waals surface area contributed by atoms with Gasteiger partial charge in [-0.25, -0.2) is 9.37 Å². The molecule has 0 unspecified atom stereocenters. The van der Waals surface area contributed by atoms with Crippen LogP contribution < -0.4 is 5.32 Å². The van der Waals surface area contributed by atoms with Crippen LogP contribution >= 0.6 is 11.3 Å². The fourth-order valence-corrected chi connectivity index (χ4v) is 3.73. The summed E-state index contributed by atoms with van der Waals surface area (Å²) >= 11 is 1.64. The Labute approximate surface area is 140 Å². The zero-order valence-electron chi connectivity index (χ0n) is 13.5. The van der Waals surface area contributed by atoms with Crippen LogP contribution in [0.5, 0.6) is 0 Å². The number of hydrogen-bond acceptors (Lipinski definition) is 5. The first-order valence-corrected chi connectivity index (χ1v) is 9.11. The number of furan rings is 1. The van der Waals surface area contributed by atoms with E-state index in [-0.39, 0.29) is 6.04 Å². The Balaban J connectivity index is 1.43. The Kier molecular flexibility index (Phi) is 5.80. The lowest BCUT2D eigenvalue weighted by molar-refractivity contribution is 0.226. The fraction of sp³-hybridized carbons (Fsp3) is 0.588. The Morgan fingerprint density at radius 3 is 3.22 bits per heavy atom. The molecule has 3 rings (SSSR count). The van der Waals surface area contributed by atoms with Crippen molar-refractivity contribution in [1.82, 2.24) is 15.2 Å². The van der Waals surface area contributed by atoms with Crippen LogP contribution in [-0.4, -0.2) is 41.2 Å². The second-order valence-electron chi connectivity index (χ2n) is 6.27. The lowest BCUT2D eigenvalue weighted by atomic mass is 10.1. The Bertz CT molecular complexity index is 560. The van der Waals surface area contributed by atoms with Crippen molar-refractivity contribution in [3.63, 3.8) is 0 Å². The van der Waals surface area contributed by atoms with E-state index >= 15 is 0 Å². The number of alkyl halides is 1. The maximum absolute atomic E-state index is 13.8. The molecule has 2 aromatic heterocycles. The van der Waals surface area contributed by atoms with Crippen molar-refractivity contribution in [3.05, 3.63) is 40.7 Å². The number of thiazole rings is 1. The number of rotatable bonds is 8. The summed E-state index contributed by atoms with van der Waals surface area (Å²) in [4.78, 5) is 6.53. The van der Waals surface area contributed by atoms with Crippen LogP contribution in [0.3, 0.4) is 0 Å². The van der Waals surface area contributed by atoms with E-state index in [1.54, 1.807) is 17.6 Å². The molecule has 1 aliphatic rings. The Morgan fingerprint density at radius 2 is 2.48 bits per heavy atom. The van der Waals surface area contributed by atoms with Crippen LogP contribution in [0.2, 0.25) is 0 Å².